The first-order valence-electron chi connectivity index (χ1n) is 16.3. The molecule has 4 heteroatoms. The van der Waals surface area contributed by atoms with Gasteiger partial charge in [0.25, 0.3) is 0 Å². The molecule has 0 radical (unpaired) electrons. The zero-order valence-electron chi connectivity index (χ0n) is 28.3. The average Bonchev–Trinajstić information content (AvgIpc) is 3.55. The number of allylic oxidation sites excluding steroid dienone is 1. The third-order valence-electron chi connectivity index (χ3n) is 10.0. The molecule has 0 nitrogen and oxygen atoms in total. The Morgan fingerprint density at radius 2 is 0.771 bits per heavy atom. The Balaban J connectivity index is 0.000000625. The SMILES string of the molecule is Cc1cc(C)c([C@H]2C3=C(c4ccc5ccccc5c42)c2ccc4ccccc4c2[C@H]3c2c(C)cc(C)cc2C)c(C)c1.ClCCl.ClCCl. The van der Waals surface area contributed by atoms with Gasteiger partial charge in [0.05, 0.1) is 10.7 Å². The van der Waals surface area contributed by atoms with Crippen LogP contribution in [0.5, 0.6) is 0 Å². The van der Waals surface area contributed by atoms with Gasteiger partial charge in [-0.3, -0.25) is 0 Å². The van der Waals surface area contributed by atoms with Crippen molar-refractivity contribution in [2.24, 2.45) is 0 Å². The van der Waals surface area contributed by atoms with E-state index >= 15 is 0 Å². The van der Waals surface area contributed by atoms with Gasteiger partial charge in [-0.1, -0.05) is 108 Å². The molecule has 0 heterocycles. The van der Waals surface area contributed by atoms with E-state index in [9.17, 15) is 0 Å². The minimum absolute atomic E-state index is 0.193. The number of alkyl halides is 4. The number of rotatable bonds is 2. The predicted octanol–water partition coefficient (Wildman–Crippen LogP) is 13.8. The van der Waals surface area contributed by atoms with Gasteiger partial charge in [0, 0.05) is 11.8 Å². The summed E-state index contributed by atoms with van der Waals surface area (Å²) in [4.78, 5) is 0. The lowest BCUT2D eigenvalue weighted by Gasteiger charge is -2.30. The molecule has 0 unspecified atom stereocenters. The van der Waals surface area contributed by atoms with Gasteiger partial charge in [0.15, 0.2) is 0 Å². The standard InChI is InChI=1S/C42H36.2CH2Cl2/c1-23-19-25(3)35(26(4)20-23)40-37-31-13-9-7-11-29(31)15-17-33(37)39-34-18-16-30-12-8-10-14-32(30)38(34)41(42(39)40)36-27(5)21-24(2)22-28(36)6;2*2-1-3/h7-22,40-41H,1-6H3;2*1H2/t40-,41-;;/m1../s1. The van der Waals surface area contributed by atoms with Gasteiger partial charge in [0.2, 0.25) is 0 Å². The zero-order chi connectivity index (χ0) is 34.3. The van der Waals surface area contributed by atoms with E-state index in [1.807, 2.05) is 0 Å². The molecule has 0 aromatic heterocycles. The summed E-state index contributed by atoms with van der Waals surface area (Å²) in [5.74, 6) is 0.385. The van der Waals surface area contributed by atoms with Crippen LogP contribution in [0.3, 0.4) is 0 Å². The van der Waals surface area contributed by atoms with Crippen molar-refractivity contribution in [3.8, 4) is 0 Å². The van der Waals surface area contributed by atoms with Gasteiger partial charge < -0.3 is 0 Å². The molecular formula is C44H40Cl4. The van der Waals surface area contributed by atoms with E-state index in [2.05, 4.69) is 139 Å². The van der Waals surface area contributed by atoms with E-state index in [0.717, 1.165) is 0 Å². The molecule has 48 heavy (non-hydrogen) atoms. The maximum atomic E-state index is 4.76. The summed E-state index contributed by atoms with van der Waals surface area (Å²) in [7, 11) is 0. The lowest BCUT2D eigenvalue weighted by atomic mass is 9.72. The summed E-state index contributed by atoms with van der Waals surface area (Å²) in [5.41, 5.74) is 20.0. The highest BCUT2D eigenvalue weighted by Gasteiger charge is 2.46. The molecule has 2 aliphatic carbocycles. The number of hydrogen-bond acceptors (Lipinski definition) is 0. The van der Waals surface area contributed by atoms with E-state index in [1.54, 1.807) is 5.57 Å². The molecule has 0 aliphatic heterocycles. The molecule has 2 atom stereocenters. The summed E-state index contributed by atoms with van der Waals surface area (Å²) < 4.78 is 0. The van der Waals surface area contributed by atoms with Crippen LogP contribution in [0.15, 0.2) is 103 Å². The first kappa shape index (κ1) is 34.6. The monoisotopic (exact) mass is 708 g/mol. The minimum atomic E-state index is 0.193. The van der Waals surface area contributed by atoms with Gasteiger partial charge in [-0.05, 0) is 130 Å². The Labute approximate surface area is 305 Å². The average molecular weight is 711 g/mol. The highest BCUT2D eigenvalue weighted by Crippen LogP contribution is 2.63. The van der Waals surface area contributed by atoms with Crippen molar-refractivity contribution in [2.75, 3.05) is 10.7 Å². The Bertz CT molecular complexity index is 2010. The van der Waals surface area contributed by atoms with Crippen molar-refractivity contribution in [3.05, 3.63) is 169 Å². The van der Waals surface area contributed by atoms with Crippen molar-refractivity contribution >= 4 is 73.5 Å². The van der Waals surface area contributed by atoms with Crippen LogP contribution in [0.25, 0.3) is 27.1 Å². The largest absolute Gasteiger partial charge is 0.109 e. The van der Waals surface area contributed by atoms with Crippen molar-refractivity contribution in [2.45, 2.75) is 53.4 Å². The minimum Gasteiger partial charge on any atom is -0.109 e. The molecule has 0 bridgehead atoms. The van der Waals surface area contributed by atoms with Crippen LogP contribution < -0.4 is 0 Å². The third-order valence-corrected chi connectivity index (χ3v) is 10.0. The summed E-state index contributed by atoms with van der Waals surface area (Å²) >= 11 is 19.1. The second-order valence-electron chi connectivity index (χ2n) is 13.0. The molecule has 0 N–H and O–H groups in total. The Kier molecular flexibility index (Phi) is 10.3. The molecule has 0 amide bonds. The molecule has 2 aliphatic rings. The van der Waals surface area contributed by atoms with Crippen LogP contribution in [0.4, 0.5) is 0 Å². The second-order valence-corrected chi connectivity index (χ2v) is 14.6. The normalized spacial score (nSPS) is 15.8. The van der Waals surface area contributed by atoms with E-state index in [1.165, 1.54) is 93.9 Å². The number of benzene rings is 6. The maximum absolute atomic E-state index is 4.76. The molecule has 0 spiro atoms. The Hall–Kier alpha value is -3.26. The van der Waals surface area contributed by atoms with Crippen molar-refractivity contribution in [1.29, 1.82) is 0 Å². The van der Waals surface area contributed by atoms with Gasteiger partial charge in [-0.2, -0.15) is 0 Å². The first-order valence-corrected chi connectivity index (χ1v) is 18.5. The predicted molar refractivity (Wildman–Crippen MR) is 212 cm³/mol. The summed E-state index contributed by atoms with van der Waals surface area (Å²) in [5, 5.41) is 5.80. The van der Waals surface area contributed by atoms with Gasteiger partial charge in [-0.15, -0.1) is 46.4 Å². The van der Waals surface area contributed by atoms with E-state index in [4.69, 9.17) is 46.4 Å². The number of fused-ring (bicyclic) bond motifs is 8. The summed E-state index contributed by atoms with van der Waals surface area (Å²) in [6.45, 7) is 13.8. The van der Waals surface area contributed by atoms with Crippen LogP contribution in [-0.2, 0) is 0 Å². The molecule has 0 saturated heterocycles. The topological polar surface area (TPSA) is 0 Å². The number of halogens is 4. The molecule has 8 rings (SSSR count). The first-order chi connectivity index (χ1) is 23.2. The lowest BCUT2D eigenvalue weighted by molar-refractivity contribution is 0.836. The maximum Gasteiger partial charge on any atom is 0.0967 e. The van der Waals surface area contributed by atoms with E-state index in [-0.39, 0.29) is 22.5 Å². The number of aryl methyl sites for hydroxylation is 6. The zero-order valence-corrected chi connectivity index (χ0v) is 31.3. The highest BCUT2D eigenvalue weighted by molar-refractivity contribution is 6.41. The Morgan fingerprint density at radius 3 is 1.12 bits per heavy atom. The number of hydrogen-bond donors (Lipinski definition) is 0. The van der Waals surface area contributed by atoms with Gasteiger partial charge in [0.1, 0.15) is 0 Å². The smallest absolute Gasteiger partial charge is 0.0967 e. The van der Waals surface area contributed by atoms with Crippen molar-refractivity contribution in [3.63, 3.8) is 0 Å². The molecule has 244 valence electrons. The summed E-state index contributed by atoms with van der Waals surface area (Å²) in [6.07, 6.45) is 0. The van der Waals surface area contributed by atoms with Crippen LogP contribution in [0, 0.1) is 41.5 Å². The van der Waals surface area contributed by atoms with Crippen LogP contribution >= 0.6 is 46.4 Å². The lowest BCUT2D eigenvalue weighted by Crippen LogP contribution is -2.15. The van der Waals surface area contributed by atoms with Crippen LogP contribution in [0.2, 0.25) is 0 Å². The Morgan fingerprint density at radius 1 is 0.438 bits per heavy atom. The molecule has 6 aromatic carbocycles. The van der Waals surface area contributed by atoms with E-state index < -0.39 is 0 Å². The van der Waals surface area contributed by atoms with Crippen molar-refractivity contribution in [1.82, 2.24) is 0 Å². The molecule has 6 aromatic rings. The highest BCUT2D eigenvalue weighted by atomic mass is 35.5. The molecular weight excluding hydrogens is 670 g/mol. The van der Waals surface area contributed by atoms with Gasteiger partial charge >= 0.3 is 0 Å². The molecule has 0 fully saturated rings. The molecule has 0 saturated carbocycles. The second kappa shape index (κ2) is 14.3. The van der Waals surface area contributed by atoms with Crippen LogP contribution in [0.1, 0.15) is 78.6 Å². The summed E-state index contributed by atoms with van der Waals surface area (Å²) in [6, 6.07) is 37.1. The van der Waals surface area contributed by atoms with Crippen molar-refractivity contribution < 1.29 is 0 Å². The van der Waals surface area contributed by atoms with Gasteiger partial charge in [-0.25, -0.2) is 0 Å². The fourth-order valence-corrected chi connectivity index (χ4v) is 8.76. The third kappa shape index (κ3) is 5.86. The quantitative estimate of drug-likeness (QED) is 0.157. The fraction of sp³-hybridized carbons (Fsp3) is 0.227. The van der Waals surface area contributed by atoms with E-state index in [0.29, 0.717) is 0 Å². The van der Waals surface area contributed by atoms with Crippen LogP contribution in [-0.4, -0.2) is 10.7 Å². The fourth-order valence-electron chi connectivity index (χ4n) is 8.76.